The fourth-order valence-electron chi connectivity index (χ4n) is 1.79. The summed E-state index contributed by atoms with van der Waals surface area (Å²) in [6.45, 7) is 2.73. The van der Waals surface area contributed by atoms with Gasteiger partial charge in [-0.1, -0.05) is 6.92 Å². The summed E-state index contributed by atoms with van der Waals surface area (Å²) < 4.78 is 38.9. The third kappa shape index (κ3) is 1.71. The molecule has 2 rings (SSSR count). The number of alkyl halides is 3. The third-order valence-electron chi connectivity index (χ3n) is 2.52. The second-order valence-electron chi connectivity index (χ2n) is 3.50. The number of rotatable bonds is 1. The van der Waals surface area contributed by atoms with Crippen LogP contribution in [0.1, 0.15) is 31.0 Å². The van der Waals surface area contributed by atoms with Crippen LogP contribution >= 0.6 is 0 Å². The first-order valence-corrected chi connectivity index (χ1v) is 4.75. The lowest BCUT2D eigenvalue weighted by Crippen LogP contribution is -2.35. The molecule has 2 heterocycles. The zero-order chi connectivity index (χ0) is 11.1. The van der Waals surface area contributed by atoms with Gasteiger partial charge in [0.25, 0.3) is 0 Å². The molecule has 0 amide bonds. The molecule has 1 atom stereocenters. The van der Waals surface area contributed by atoms with E-state index in [2.05, 4.69) is 15.5 Å². The van der Waals surface area contributed by atoms with E-state index in [-0.39, 0.29) is 6.04 Å². The summed E-state index contributed by atoms with van der Waals surface area (Å²) in [4.78, 5) is 0. The topological polar surface area (TPSA) is 42.7 Å². The van der Waals surface area contributed by atoms with Gasteiger partial charge in [-0.25, -0.2) is 0 Å². The molecule has 1 aromatic rings. The molecule has 0 saturated heterocycles. The molecule has 0 aliphatic carbocycles. The lowest BCUT2D eigenvalue weighted by atomic mass is 10.2. The molecule has 0 spiro atoms. The van der Waals surface area contributed by atoms with Crippen molar-refractivity contribution in [2.45, 2.75) is 32.1 Å². The predicted octanol–water partition coefficient (Wildman–Crippen LogP) is 1.35. The van der Waals surface area contributed by atoms with E-state index in [9.17, 15) is 13.2 Å². The Hall–Kier alpha value is -1.11. The number of aromatic nitrogens is 3. The normalized spacial score (nSPS) is 21.5. The molecule has 0 fully saturated rings. The highest BCUT2D eigenvalue weighted by atomic mass is 19.4. The molecule has 15 heavy (non-hydrogen) atoms. The van der Waals surface area contributed by atoms with Gasteiger partial charge in [-0.05, 0) is 6.42 Å². The molecule has 1 N–H and O–H groups in total. The van der Waals surface area contributed by atoms with E-state index in [1.165, 1.54) is 4.57 Å². The zero-order valence-electron chi connectivity index (χ0n) is 8.17. The quantitative estimate of drug-likeness (QED) is 0.776. The average Bonchev–Trinajstić information content (AvgIpc) is 2.59. The van der Waals surface area contributed by atoms with Gasteiger partial charge in [0.1, 0.15) is 5.82 Å². The van der Waals surface area contributed by atoms with Crippen molar-refractivity contribution in [3.8, 4) is 0 Å². The van der Waals surface area contributed by atoms with E-state index < -0.39 is 12.0 Å². The van der Waals surface area contributed by atoms with Gasteiger partial charge >= 0.3 is 6.18 Å². The number of nitrogens with one attached hydrogen (secondary N) is 1. The summed E-state index contributed by atoms with van der Waals surface area (Å²) in [5, 5.41) is 9.78. The Morgan fingerprint density at radius 1 is 1.47 bits per heavy atom. The summed E-state index contributed by atoms with van der Waals surface area (Å²) >= 11 is 0. The molecule has 1 aliphatic heterocycles. The van der Waals surface area contributed by atoms with Gasteiger partial charge in [-0.3, -0.25) is 0 Å². The van der Waals surface area contributed by atoms with Crippen LogP contribution in [-0.4, -0.2) is 21.3 Å². The van der Waals surface area contributed by atoms with Gasteiger partial charge in [0, 0.05) is 12.6 Å². The SMILES string of the molecule is CCC1CNCc2nnc(C(F)(F)F)n21. The maximum atomic E-state index is 12.6. The lowest BCUT2D eigenvalue weighted by molar-refractivity contribution is -0.148. The van der Waals surface area contributed by atoms with Crippen molar-refractivity contribution < 1.29 is 13.2 Å². The van der Waals surface area contributed by atoms with Gasteiger partial charge < -0.3 is 9.88 Å². The first-order chi connectivity index (χ1) is 7.04. The molecular formula is C8H11F3N4. The first-order valence-electron chi connectivity index (χ1n) is 4.75. The third-order valence-corrected chi connectivity index (χ3v) is 2.52. The number of hydrogen-bond acceptors (Lipinski definition) is 3. The first kappa shape index (κ1) is 10.4. The van der Waals surface area contributed by atoms with E-state index in [1.54, 1.807) is 0 Å². The van der Waals surface area contributed by atoms with Crippen molar-refractivity contribution in [3.05, 3.63) is 11.6 Å². The van der Waals surface area contributed by atoms with Crippen LogP contribution in [0, 0.1) is 0 Å². The Balaban J connectivity index is 2.47. The summed E-state index contributed by atoms with van der Waals surface area (Å²) in [7, 11) is 0. The maximum Gasteiger partial charge on any atom is 0.451 e. The number of nitrogens with zero attached hydrogens (tertiary/aromatic N) is 3. The van der Waals surface area contributed by atoms with Crippen molar-refractivity contribution in [2.24, 2.45) is 0 Å². The van der Waals surface area contributed by atoms with Crippen LogP contribution in [0.25, 0.3) is 0 Å². The fraction of sp³-hybridized carbons (Fsp3) is 0.750. The molecular weight excluding hydrogens is 209 g/mol. The van der Waals surface area contributed by atoms with E-state index >= 15 is 0 Å². The summed E-state index contributed by atoms with van der Waals surface area (Å²) in [6, 6.07) is -0.208. The van der Waals surface area contributed by atoms with E-state index in [0.717, 1.165) is 0 Å². The largest absolute Gasteiger partial charge is 0.451 e. The van der Waals surface area contributed by atoms with Crippen molar-refractivity contribution in [3.63, 3.8) is 0 Å². The molecule has 0 saturated carbocycles. The smallest absolute Gasteiger partial charge is 0.308 e. The number of hydrogen-bond donors (Lipinski definition) is 1. The Morgan fingerprint density at radius 3 is 2.80 bits per heavy atom. The van der Waals surface area contributed by atoms with Crippen LogP contribution in [0.5, 0.6) is 0 Å². The molecule has 1 unspecified atom stereocenters. The van der Waals surface area contributed by atoms with Gasteiger partial charge in [-0.2, -0.15) is 13.2 Å². The molecule has 7 heteroatoms. The van der Waals surface area contributed by atoms with E-state index in [4.69, 9.17) is 0 Å². The van der Waals surface area contributed by atoms with Gasteiger partial charge in [0.15, 0.2) is 0 Å². The standard InChI is InChI=1S/C8H11F3N4/c1-2-5-3-12-4-6-13-14-7(15(5)6)8(9,10)11/h5,12H,2-4H2,1H3. The van der Waals surface area contributed by atoms with Crippen molar-refractivity contribution >= 4 is 0 Å². The lowest BCUT2D eigenvalue weighted by Gasteiger charge is -2.26. The monoisotopic (exact) mass is 220 g/mol. The summed E-state index contributed by atoms with van der Waals surface area (Å²) in [6.07, 6.45) is -3.79. The second-order valence-corrected chi connectivity index (χ2v) is 3.50. The van der Waals surface area contributed by atoms with Crippen LogP contribution in [-0.2, 0) is 12.7 Å². The van der Waals surface area contributed by atoms with Gasteiger partial charge in [0.2, 0.25) is 5.82 Å². The molecule has 0 bridgehead atoms. The Morgan fingerprint density at radius 2 is 2.20 bits per heavy atom. The molecule has 4 nitrogen and oxygen atoms in total. The second kappa shape index (κ2) is 3.48. The van der Waals surface area contributed by atoms with Crippen LogP contribution in [0.3, 0.4) is 0 Å². The van der Waals surface area contributed by atoms with E-state index in [0.29, 0.717) is 25.3 Å². The van der Waals surface area contributed by atoms with Crippen LogP contribution in [0.4, 0.5) is 13.2 Å². The van der Waals surface area contributed by atoms with Crippen molar-refractivity contribution in [1.82, 2.24) is 20.1 Å². The summed E-state index contributed by atoms with van der Waals surface area (Å²) in [5.74, 6) is -0.522. The minimum atomic E-state index is -4.42. The molecule has 1 aromatic heterocycles. The highest BCUT2D eigenvalue weighted by molar-refractivity contribution is 5.04. The summed E-state index contributed by atoms with van der Waals surface area (Å²) in [5.41, 5.74) is 0. The molecule has 1 aliphatic rings. The maximum absolute atomic E-state index is 12.6. The van der Waals surface area contributed by atoms with Crippen LogP contribution in [0.2, 0.25) is 0 Å². The molecule has 84 valence electrons. The number of halogens is 3. The minimum Gasteiger partial charge on any atom is -0.308 e. The van der Waals surface area contributed by atoms with Gasteiger partial charge in [-0.15, -0.1) is 10.2 Å². The number of fused-ring (bicyclic) bond motifs is 1. The molecule has 0 aromatic carbocycles. The fourth-order valence-corrected chi connectivity index (χ4v) is 1.79. The van der Waals surface area contributed by atoms with Crippen molar-refractivity contribution in [1.29, 1.82) is 0 Å². The Bertz CT molecular complexity index is 357. The average molecular weight is 220 g/mol. The Labute approximate surface area is 84.5 Å². The van der Waals surface area contributed by atoms with Gasteiger partial charge in [0.05, 0.1) is 6.54 Å². The van der Waals surface area contributed by atoms with Crippen LogP contribution in [0.15, 0.2) is 0 Å². The van der Waals surface area contributed by atoms with Crippen LogP contribution < -0.4 is 5.32 Å². The minimum absolute atomic E-state index is 0.208. The highest BCUT2D eigenvalue weighted by Crippen LogP contribution is 2.31. The predicted molar refractivity (Wildman–Crippen MR) is 46.1 cm³/mol. The Kier molecular flexibility index (Phi) is 2.41. The molecule has 0 radical (unpaired) electrons. The van der Waals surface area contributed by atoms with Crippen molar-refractivity contribution in [2.75, 3.05) is 6.54 Å². The highest BCUT2D eigenvalue weighted by Gasteiger charge is 2.40. The van der Waals surface area contributed by atoms with E-state index in [1.807, 2.05) is 6.92 Å². The zero-order valence-corrected chi connectivity index (χ0v) is 8.17.